The van der Waals surface area contributed by atoms with Crippen LogP contribution < -0.4 is 10.1 Å². The molecule has 1 aliphatic heterocycles. The van der Waals surface area contributed by atoms with Crippen molar-refractivity contribution < 1.29 is 19.1 Å². The van der Waals surface area contributed by atoms with E-state index in [9.17, 15) is 14.4 Å². The molecule has 0 radical (unpaired) electrons. The second kappa shape index (κ2) is 5.92. The SMILES string of the molecule is CN1C(=O)c2ccc(NC(=O)COc3ccccc3)cc2C1=O. The Labute approximate surface area is 132 Å². The summed E-state index contributed by atoms with van der Waals surface area (Å²) < 4.78 is 5.35. The van der Waals surface area contributed by atoms with Crippen LogP contribution in [0.25, 0.3) is 0 Å². The lowest BCUT2D eigenvalue weighted by atomic mass is 10.1. The molecule has 2 aromatic rings. The highest BCUT2D eigenvalue weighted by atomic mass is 16.5. The number of hydrogen-bond acceptors (Lipinski definition) is 4. The number of nitrogens with one attached hydrogen (secondary N) is 1. The number of nitrogens with zero attached hydrogens (tertiary/aromatic N) is 1. The van der Waals surface area contributed by atoms with E-state index in [0.717, 1.165) is 4.90 Å². The summed E-state index contributed by atoms with van der Waals surface area (Å²) in [6.45, 7) is -0.145. The molecule has 1 N–H and O–H groups in total. The summed E-state index contributed by atoms with van der Waals surface area (Å²) in [5, 5.41) is 2.65. The number of benzene rings is 2. The zero-order valence-electron chi connectivity index (χ0n) is 12.4. The van der Waals surface area contributed by atoms with Crippen LogP contribution in [0, 0.1) is 0 Å². The minimum absolute atomic E-state index is 0.145. The van der Waals surface area contributed by atoms with Gasteiger partial charge < -0.3 is 10.1 Å². The average molecular weight is 310 g/mol. The number of amides is 3. The molecule has 0 aromatic heterocycles. The number of imide groups is 1. The zero-order valence-corrected chi connectivity index (χ0v) is 12.4. The maximum absolute atomic E-state index is 11.9. The molecule has 0 saturated carbocycles. The number of rotatable bonds is 4. The Bertz CT molecular complexity index is 786. The molecule has 0 unspecified atom stereocenters. The van der Waals surface area contributed by atoms with Gasteiger partial charge >= 0.3 is 0 Å². The first-order chi connectivity index (χ1) is 11.1. The molecule has 0 aliphatic carbocycles. The number of para-hydroxylation sites is 1. The predicted octanol–water partition coefficient (Wildman–Crippen LogP) is 1.93. The number of fused-ring (bicyclic) bond motifs is 1. The van der Waals surface area contributed by atoms with Crippen molar-refractivity contribution in [3.05, 3.63) is 59.7 Å². The van der Waals surface area contributed by atoms with Crippen molar-refractivity contribution in [2.75, 3.05) is 19.0 Å². The van der Waals surface area contributed by atoms with Gasteiger partial charge in [-0.2, -0.15) is 0 Å². The van der Waals surface area contributed by atoms with Gasteiger partial charge in [0.25, 0.3) is 17.7 Å². The van der Waals surface area contributed by atoms with Crippen LogP contribution in [-0.2, 0) is 4.79 Å². The monoisotopic (exact) mass is 310 g/mol. The van der Waals surface area contributed by atoms with E-state index in [1.165, 1.54) is 19.2 Å². The summed E-state index contributed by atoms with van der Waals surface area (Å²) in [5.74, 6) is -0.463. The van der Waals surface area contributed by atoms with Crippen LogP contribution in [0.15, 0.2) is 48.5 Å². The van der Waals surface area contributed by atoms with Crippen molar-refractivity contribution in [3.63, 3.8) is 0 Å². The minimum Gasteiger partial charge on any atom is -0.484 e. The van der Waals surface area contributed by atoms with E-state index >= 15 is 0 Å². The number of carbonyl (C=O) groups excluding carboxylic acids is 3. The third-order valence-corrected chi connectivity index (χ3v) is 3.49. The summed E-state index contributed by atoms with van der Waals surface area (Å²) in [4.78, 5) is 36.7. The molecule has 0 bridgehead atoms. The van der Waals surface area contributed by atoms with Gasteiger partial charge in [0.1, 0.15) is 5.75 Å². The first kappa shape index (κ1) is 14.8. The van der Waals surface area contributed by atoms with Gasteiger partial charge in [0.05, 0.1) is 11.1 Å². The highest BCUT2D eigenvalue weighted by Crippen LogP contribution is 2.24. The smallest absolute Gasteiger partial charge is 0.262 e. The third kappa shape index (κ3) is 2.91. The molecule has 1 heterocycles. The first-order valence-electron chi connectivity index (χ1n) is 7.00. The molecule has 1 aliphatic rings. The number of ether oxygens (including phenoxy) is 1. The molecule has 0 saturated heterocycles. The van der Waals surface area contributed by atoms with Crippen molar-refractivity contribution in [3.8, 4) is 5.75 Å². The molecule has 23 heavy (non-hydrogen) atoms. The maximum Gasteiger partial charge on any atom is 0.262 e. The van der Waals surface area contributed by atoms with Gasteiger partial charge in [-0.3, -0.25) is 19.3 Å². The second-order valence-corrected chi connectivity index (χ2v) is 5.08. The second-order valence-electron chi connectivity index (χ2n) is 5.08. The van der Waals surface area contributed by atoms with Crippen LogP contribution in [0.5, 0.6) is 5.75 Å². The fourth-order valence-corrected chi connectivity index (χ4v) is 2.30. The zero-order chi connectivity index (χ0) is 16.4. The molecular formula is C17H14N2O4. The molecular weight excluding hydrogens is 296 g/mol. The number of carbonyl (C=O) groups is 3. The van der Waals surface area contributed by atoms with E-state index in [-0.39, 0.29) is 24.3 Å². The van der Waals surface area contributed by atoms with Crippen LogP contribution in [0.3, 0.4) is 0 Å². The van der Waals surface area contributed by atoms with Gasteiger partial charge in [0, 0.05) is 12.7 Å². The summed E-state index contributed by atoms with van der Waals surface area (Å²) in [6, 6.07) is 13.6. The van der Waals surface area contributed by atoms with E-state index in [1.807, 2.05) is 18.2 Å². The van der Waals surface area contributed by atoms with Gasteiger partial charge in [-0.1, -0.05) is 18.2 Å². The quantitative estimate of drug-likeness (QED) is 0.876. The highest BCUT2D eigenvalue weighted by molar-refractivity contribution is 6.21. The Kier molecular flexibility index (Phi) is 3.80. The number of anilines is 1. The third-order valence-electron chi connectivity index (χ3n) is 3.49. The Morgan fingerprint density at radius 1 is 1.04 bits per heavy atom. The van der Waals surface area contributed by atoms with Crippen LogP contribution in [-0.4, -0.2) is 36.3 Å². The van der Waals surface area contributed by atoms with Crippen molar-refractivity contribution in [2.24, 2.45) is 0 Å². The van der Waals surface area contributed by atoms with E-state index < -0.39 is 0 Å². The molecule has 6 nitrogen and oxygen atoms in total. The van der Waals surface area contributed by atoms with E-state index in [1.54, 1.807) is 18.2 Å². The van der Waals surface area contributed by atoms with Crippen LogP contribution >= 0.6 is 0 Å². The van der Waals surface area contributed by atoms with E-state index in [0.29, 0.717) is 22.6 Å². The largest absolute Gasteiger partial charge is 0.484 e. The molecule has 3 amide bonds. The summed E-state index contributed by atoms with van der Waals surface area (Å²) >= 11 is 0. The highest BCUT2D eigenvalue weighted by Gasteiger charge is 2.32. The Morgan fingerprint density at radius 3 is 2.48 bits per heavy atom. The molecule has 116 valence electrons. The van der Waals surface area contributed by atoms with Crippen LogP contribution in [0.1, 0.15) is 20.7 Å². The topological polar surface area (TPSA) is 75.7 Å². The Balaban J connectivity index is 1.66. The lowest BCUT2D eigenvalue weighted by Crippen LogP contribution is -2.24. The maximum atomic E-state index is 11.9. The fraction of sp³-hybridized carbons (Fsp3) is 0.118. The summed E-state index contributed by atoms with van der Waals surface area (Å²) in [5.41, 5.74) is 1.08. The van der Waals surface area contributed by atoms with E-state index in [4.69, 9.17) is 4.74 Å². The minimum atomic E-state index is -0.373. The molecule has 0 fully saturated rings. The Morgan fingerprint density at radius 2 is 1.74 bits per heavy atom. The van der Waals surface area contributed by atoms with Crippen molar-refractivity contribution >= 4 is 23.4 Å². The standard InChI is InChI=1S/C17H14N2O4/c1-19-16(21)13-8-7-11(9-14(13)17(19)22)18-15(20)10-23-12-5-3-2-4-6-12/h2-9H,10H2,1H3,(H,18,20). The lowest BCUT2D eigenvalue weighted by molar-refractivity contribution is -0.118. The van der Waals surface area contributed by atoms with Gasteiger partial charge in [0.15, 0.2) is 6.61 Å². The van der Waals surface area contributed by atoms with E-state index in [2.05, 4.69) is 5.32 Å². The van der Waals surface area contributed by atoms with Gasteiger partial charge in [-0.25, -0.2) is 0 Å². The van der Waals surface area contributed by atoms with Gasteiger partial charge in [-0.15, -0.1) is 0 Å². The normalized spacial score (nSPS) is 13.0. The molecule has 0 atom stereocenters. The van der Waals surface area contributed by atoms with Crippen molar-refractivity contribution in [1.29, 1.82) is 0 Å². The fourth-order valence-electron chi connectivity index (χ4n) is 2.30. The van der Waals surface area contributed by atoms with Gasteiger partial charge in [0.2, 0.25) is 0 Å². The van der Waals surface area contributed by atoms with Gasteiger partial charge in [-0.05, 0) is 30.3 Å². The summed E-state index contributed by atoms with van der Waals surface area (Å²) in [6.07, 6.45) is 0. The first-order valence-corrected chi connectivity index (χ1v) is 7.00. The van der Waals surface area contributed by atoms with Crippen molar-refractivity contribution in [2.45, 2.75) is 0 Å². The summed E-state index contributed by atoms with van der Waals surface area (Å²) in [7, 11) is 1.43. The molecule has 3 rings (SSSR count). The Hall–Kier alpha value is -3.15. The van der Waals surface area contributed by atoms with Crippen LogP contribution in [0.2, 0.25) is 0 Å². The molecule has 0 spiro atoms. The van der Waals surface area contributed by atoms with Crippen molar-refractivity contribution in [1.82, 2.24) is 4.90 Å². The molecule has 2 aromatic carbocycles. The predicted molar refractivity (Wildman–Crippen MR) is 83.4 cm³/mol. The average Bonchev–Trinajstić information content (AvgIpc) is 2.78. The van der Waals surface area contributed by atoms with Crippen LogP contribution in [0.4, 0.5) is 5.69 Å². The molecule has 6 heteroatoms. The lowest BCUT2D eigenvalue weighted by Gasteiger charge is -2.08. The number of hydrogen-bond donors (Lipinski definition) is 1.